The second-order valence-electron chi connectivity index (χ2n) is 4.06. The number of furan rings is 1. The third-order valence-corrected chi connectivity index (χ3v) is 3.45. The molecule has 18 heavy (non-hydrogen) atoms. The maximum absolute atomic E-state index is 12.0. The zero-order valence-corrected chi connectivity index (χ0v) is 12.4. The number of esters is 1. The highest BCUT2D eigenvalue weighted by Crippen LogP contribution is 2.27. The number of methoxy groups -OCH3 is 1. The van der Waals surface area contributed by atoms with E-state index in [0.29, 0.717) is 21.6 Å². The number of amides is 1. The molecule has 100 valence electrons. The lowest BCUT2D eigenvalue weighted by Gasteiger charge is -2.12. The van der Waals surface area contributed by atoms with Crippen molar-refractivity contribution < 1.29 is 18.7 Å². The van der Waals surface area contributed by atoms with Gasteiger partial charge in [-0.25, -0.2) is 0 Å². The summed E-state index contributed by atoms with van der Waals surface area (Å²) < 4.78 is 10.5. The van der Waals surface area contributed by atoms with Gasteiger partial charge in [-0.05, 0) is 36.7 Å². The number of hydrogen-bond donors (Lipinski definition) is 1. The molecule has 1 amide bonds. The van der Waals surface area contributed by atoms with E-state index in [-0.39, 0.29) is 24.3 Å². The minimum atomic E-state index is -0.359. The Morgan fingerprint density at radius 3 is 2.44 bits per heavy atom. The minimum absolute atomic E-state index is 0.135. The Morgan fingerprint density at radius 1 is 1.39 bits per heavy atom. The second-order valence-corrected chi connectivity index (χ2v) is 4.85. The molecule has 1 aromatic rings. The monoisotopic (exact) mass is 317 g/mol. The third-order valence-electron chi connectivity index (χ3n) is 2.49. The van der Waals surface area contributed by atoms with Crippen molar-refractivity contribution in [2.75, 3.05) is 7.11 Å². The summed E-state index contributed by atoms with van der Waals surface area (Å²) in [7, 11) is 1.32. The molecule has 0 saturated heterocycles. The van der Waals surface area contributed by atoms with Gasteiger partial charge in [0.05, 0.1) is 23.6 Å². The van der Waals surface area contributed by atoms with E-state index in [2.05, 4.69) is 26.0 Å². The van der Waals surface area contributed by atoms with Crippen molar-refractivity contribution in [2.45, 2.75) is 33.2 Å². The largest absolute Gasteiger partial charge is 0.469 e. The topological polar surface area (TPSA) is 68.5 Å². The summed E-state index contributed by atoms with van der Waals surface area (Å²) >= 11 is 3.31. The molecule has 0 bridgehead atoms. The van der Waals surface area contributed by atoms with Crippen LogP contribution in [0.3, 0.4) is 0 Å². The Balaban J connectivity index is 2.74. The van der Waals surface area contributed by atoms with E-state index in [1.54, 1.807) is 20.8 Å². The van der Waals surface area contributed by atoms with E-state index in [9.17, 15) is 9.59 Å². The van der Waals surface area contributed by atoms with E-state index >= 15 is 0 Å². The van der Waals surface area contributed by atoms with Crippen molar-refractivity contribution in [3.8, 4) is 0 Å². The quantitative estimate of drug-likeness (QED) is 0.865. The highest BCUT2D eigenvalue weighted by Gasteiger charge is 2.21. The van der Waals surface area contributed by atoms with Crippen LogP contribution in [0.2, 0.25) is 0 Å². The lowest BCUT2D eigenvalue weighted by atomic mass is 10.2. The van der Waals surface area contributed by atoms with Crippen molar-refractivity contribution >= 4 is 27.8 Å². The van der Waals surface area contributed by atoms with Gasteiger partial charge >= 0.3 is 5.97 Å². The fourth-order valence-electron chi connectivity index (χ4n) is 1.60. The second kappa shape index (κ2) is 6.04. The van der Waals surface area contributed by atoms with E-state index in [1.165, 1.54) is 7.11 Å². The minimum Gasteiger partial charge on any atom is -0.469 e. The Labute approximate surface area is 114 Å². The highest BCUT2D eigenvalue weighted by molar-refractivity contribution is 9.10. The van der Waals surface area contributed by atoms with Crippen LogP contribution in [0, 0.1) is 13.8 Å². The first kappa shape index (κ1) is 14.8. The first-order chi connectivity index (χ1) is 8.36. The molecule has 0 aliphatic heterocycles. The molecular formula is C12H16BrNO4. The van der Waals surface area contributed by atoms with Gasteiger partial charge in [0.15, 0.2) is 0 Å². The summed E-state index contributed by atoms with van der Waals surface area (Å²) in [4.78, 5) is 23.1. The number of hydrogen-bond acceptors (Lipinski definition) is 4. The molecule has 1 aromatic heterocycles. The highest BCUT2D eigenvalue weighted by atomic mass is 79.9. The summed E-state index contributed by atoms with van der Waals surface area (Å²) in [5.41, 5.74) is 0.462. The third kappa shape index (κ3) is 3.35. The molecule has 0 radical (unpaired) electrons. The normalized spacial score (nSPS) is 12.1. The van der Waals surface area contributed by atoms with E-state index < -0.39 is 0 Å². The van der Waals surface area contributed by atoms with Crippen molar-refractivity contribution in [3.05, 3.63) is 21.6 Å². The molecule has 0 spiro atoms. The number of carbonyl (C=O) groups is 2. The fourth-order valence-corrected chi connectivity index (χ4v) is 2.14. The van der Waals surface area contributed by atoms with Crippen molar-refractivity contribution in [1.29, 1.82) is 0 Å². The lowest BCUT2D eigenvalue weighted by Crippen LogP contribution is -2.34. The van der Waals surface area contributed by atoms with Gasteiger partial charge in [0, 0.05) is 6.04 Å². The van der Waals surface area contributed by atoms with E-state index in [4.69, 9.17) is 4.42 Å². The van der Waals surface area contributed by atoms with Crippen LogP contribution in [0.1, 0.15) is 35.2 Å². The smallest absolute Gasteiger partial charge is 0.307 e. The van der Waals surface area contributed by atoms with Crippen LogP contribution in [-0.2, 0) is 9.53 Å². The van der Waals surface area contributed by atoms with Gasteiger partial charge in [-0.2, -0.15) is 0 Å². The molecule has 0 unspecified atom stereocenters. The summed E-state index contributed by atoms with van der Waals surface area (Å²) in [6.45, 7) is 5.23. The molecular weight excluding hydrogens is 302 g/mol. The maximum Gasteiger partial charge on any atom is 0.307 e. The van der Waals surface area contributed by atoms with E-state index in [0.717, 1.165) is 0 Å². The molecule has 0 aliphatic rings. The number of rotatable bonds is 4. The lowest BCUT2D eigenvalue weighted by molar-refractivity contribution is -0.141. The molecule has 1 rings (SSSR count). The van der Waals surface area contributed by atoms with Crippen molar-refractivity contribution in [2.24, 2.45) is 0 Å². The predicted molar refractivity (Wildman–Crippen MR) is 69.4 cm³/mol. The van der Waals surface area contributed by atoms with Crippen LogP contribution < -0.4 is 5.32 Å². The van der Waals surface area contributed by atoms with Gasteiger partial charge in [-0.1, -0.05) is 0 Å². The van der Waals surface area contributed by atoms with Crippen LogP contribution in [0.4, 0.5) is 0 Å². The van der Waals surface area contributed by atoms with Crippen molar-refractivity contribution in [1.82, 2.24) is 5.32 Å². The van der Waals surface area contributed by atoms with E-state index in [1.807, 2.05) is 0 Å². The number of halogens is 1. The Bertz CT molecular complexity index is 467. The number of nitrogens with one attached hydrogen (secondary N) is 1. The Hall–Kier alpha value is -1.30. The fraction of sp³-hybridized carbons (Fsp3) is 0.500. The first-order valence-corrected chi connectivity index (χ1v) is 6.29. The zero-order chi connectivity index (χ0) is 13.9. The van der Waals surface area contributed by atoms with Gasteiger partial charge in [0.25, 0.3) is 5.91 Å². The average Bonchev–Trinajstić information content (AvgIpc) is 2.52. The molecule has 0 saturated carbocycles. The van der Waals surface area contributed by atoms with Gasteiger partial charge < -0.3 is 14.5 Å². The number of ether oxygens (including phenoxy) is 1. The maximum atomic E-state index is 12.0. The summed E-state index contributed by atoms with van der Waals surface area (Å²) in [5, 5.41) is 2.73. The average molecular weight is 318 g/mol. The summed E-state index contributed by atoms with van der Waals surface area (Å²) in [6, 6.07) is -0.300. The SMILES string of the molecule is COC(=O)C[C@@H](C)NC(=O)c1c(C)oc(C)c1Br. The number of carbonyl (C=O) groups excluding carboxylic acids is 2. The molecule has 6 heteroatoms. The van der Waals surface area contributed by atoms with Crippen LogP contribution >= 0.6 is 15.9 Å². The van der Waals surface area contributed by atoms with Crippen LogP contribution in [0.25, 0.3) is 0 Å². The van der Waals surface area contributed by atoms with Gasteiger partial charge in [-0.15, -0.1) is 0 Å². The predicted octanol–water partition coefficient (Wildman–Crippen LogP) is 2.34. The molecule has 0 aliphatic carbocycles. The Morgan fingerprint density at radius 2 is 2.00 bits per heavy atom. The summed E-state index contributed by atoms with van der Waals surface area (Å²) in [5.74, 6) is 0.565. The first-order valence-electron chi connectivity index (χ1n) is 5.50. The Kier molecular flexibility index (Phi) is 4.95. The molecule has 1 N–H and O–H groups in total. The molecule has 0 aromatic carbocycles. The van der Waals surface area contributed by atoms with Gasteiger partial charge in [-0.3, -0.25) is 9.59 Å². The van der Waals surface area contributed by atoms with Crippen LogP contribution in [0.5, 0.6) is 0 Å². The van der Waals surface area contributed by atoms with Gasteiger partial charge in [0.1, 0.15) is 11.5 Å². The number of aryl methyl sites for hydroxylation is 2. The summed E-state index contributed by atoms with van der Waals surface area (Å²) in [6.07, 6.45) is 0.135. The standard InChI is InChI=1S/C12H16BrNO4/c1-6(5-9(15)17-4)14-12(16)10-7(2)18-8(3)11(10)13/h6H,5H2,1-4H3,(H,14,16)/t6-/m1/s1. The molecule has 1 atom stereocenters. The van der Waals surface area contributed by atoms with Crippen LogP contribution in [0.15, 0.2) is 8.89 Å². The molecule has 1 heterocycles. The zero-order valence-electron chi connectivity index (χ0n) is 10.8. The van der Waals surface area contributed by atoms with Crippen molar-refractivity contribution in [3.63, 3.8) is 0 Å². The van der Waals surface area contributed by atoms with Gasteiger partial charge in [0.2, 0.25) is 0 Å². The van der Waals surface area contributed by atoms with Crippen LogP contribution in [-0.4, -0.2) is 25.0 Å². The molecule has 0 fully saturated rings. The molecule has 5 nitrogen and oxygen atoms in total.